The van der Waals surface area contributed by atoms with Gasteiger partial charge < -0.3 is 5.11 Å². The van der Waals surface area contributed by atoms with Gasteiger partial charge in [0, 0.05) is 16.7 Å². The fraction of sp³-hybridized carbons (Fsp3) is 0.150. The average molecular weight is 351 g/mol. The zero-order valence-corrected chi connectivity index (χ0v) is 15.0. The Hall–Kier alpha value is -2.79. The molecule has 0 radical (unpaired) electrons. The Morgan fingerprint density at radius 3 is 2.24 bits per heavy atom. The number of benzene rings is 2. The van der Waals surface area contributed by atoms with Gasteiger partial charge in [-0.3, -0.25) is 4.79 Å². The number of aromatic nitrogens is 1. The maximum absolute atomic E-state index is 12.7. The van der Waals surface area contributed by atoms with Crippen LogP contribution in [0, 0.1) is 20.8 Å². The second kappa shape index (κ2) is 6.61. The maximum atomic E-state index is 12.7. The van der Waals surface area contributed by atoms with Crippen molar-refractivity contribution in [3.8, 4) is 10.6 Å². The van der Waals surface area contributed by atoms with E-state index in [9.17, 15) is 9.59 Å². The van der Waals surface area contributed by atoms with E-state index in [1.165, 1.54) is 0 Å². The van der Waals surface area contributed by atoms with Gasteiger partial charge in [0.15, 0.2) is 5.78 Å². The molecule has 0 amide bonds. The van der Waals surface area contributed by atoms with Crippen LogP contribution in [0.3, 0.4) is 0 Å². The smallest absolute Gasteiger partial charge is 0.347 e. The summed E-state index contributed by atoms with van der Waals surface area (Å²) in [4.78, 5) is 28.4. The monoisotopic (exact) mass is 351 g/mol. The van der Waals surface area contributed by atoms with E-state index in [-0.39, 0.29) is 10.7 Å². The molecule has 0 unspecified atom stereocenters. The van der Waals surface area contributed by atoms with Gasteiger partial charge in [-0.15, -0.1) is 11.3 Å². The van der Waals surface area contributed by atoms with Gasteiger partial charge in [-0.1, -0.05) is 48.0 Å². The minimum absolute atomic E-state index is 0.0226. The average Bonchev–Trinajstić information content (AvgIpc) is 2.96. The lowest BCUT2D eigenvalue weighted by Crippen LogP contribution is -2.03. The van der Waals surface area contributed by atoms with E-state index < -0.39 is 5.97 Å². The van der Waals surface area contributed by atoms with Crippen LogP contribution >= 0.6 is 11.3 Å². The number of rotatable bonds is 4. The van der Waals surface area contributed by atoms with Crippen molar-refractivity contribution in [3.63, 3.8) is 0 Å². The fourth-order valence-corrected chi connectivity index (χ4v) is 3.62. The molecule has 3 aromatic rings. The lowest BCUT2D eigenvalue weighted by molar-refractivity contribution is 0.0701. The zero-order valence-electron chi connectivity index (χ0n) is 14.2. The van der Waals surface area contributed by atoms with Crippen molar-refractivity contribution in [1.82, 2.24) is 4.98 Å². The molecule has 0 aliphatic rings. The molecule has 5 heteroatoms. The van der Waals surface area contributed by atoms with Gasteiger partial charge >= 0.3 is 5.97 Å². The number of carbonyl (C=O) groups is 2. The third kappa shape index (κ3) is 3.37. The third-order valence-electron chi connectivity index (χ3n) is 4.01. The molecule has 4 nitrogen and oxygen atoms in total. The van der Waals surface area contributed by atoms with Crippen molar-refractivity contribution in [1.29, 1.82) is 0 Å². The van der Waals surface area contributed by atoms with Gasteiger partial charge in [0.2, 0.25) is 0 Å². The highest BCUT2D eigenvalue weighted by molar-refractivity contribution is 7.17. The maximum Gasteiger partial charge on any atom is 0.347 e. The number of hydrogen-bond donors (Lipinski definition) is 1. The lowest BCUT2D eigenvalue weighted by atomic mass is 9.97. The van der Waals surface area contributed by atoms with E-state index in [4.69, 9.17) is 5.11 Å². The fourth-order valence-electron chi connectivity index (χ4n) is 2.71. The predicted molar refractivity (Wildman–Crippen MR) is 98.6 cm³/mol. The first kappa shape index (κ1) is 17.0. The van der Waals surface area contributed by atoms with E-state index in [0.717, 1.165) is 28.0 Å². The number of aryl methyl sites for hydroxylation is 3. The number of hydrogen-bond acceptors (Lipinski definition) is 4. The van der Waals surface area contributed by atoms with Crippen LogP contribution in [-0.4, -0.2) is 21.8 Å². The SMILES string of the molecule is Cc1ccc(C(=O)c2ccc(-c3nc(C)c(C(=O)O)s3)cc2)c(C)c1. The minimum atomic E-state index is -0.970. The third-order valence-corrected chi connectivity index (χ3v) is 5.21. The molecule has 0 atom stereocenters. The summed E-state index contributed by atoms with van der Waals surface area (Å²) in [6, 6.07) is 12.9. The normalized spacial score (nSPS) is 10.7. The van der Waals surface area contributed by atoms with Crippen LogP contribution in [-0.2, 0) is 0 Å². The summed E-state index contributed by atoms with van der Waals surface area (Å²) in [7, 11) is 0. The quantitative estimate of drug-likeness (QED) is 0.694. The van der Waals surface area contributed by atoms with Crippen LogP contribution in [0.1, 0.15) is 42.4 Å². The molecule has 0 aliphatic heterocycles. The molecule has 0 spiro atoms. The van der Waals surface area contributed by atoms with Crippen molar-refractivity contribution in [3.05, 3.63) is 75.3 Å². The van der Waals surface area contributed by atoms with E-state index in [0.29, 0.717) is 21.8 Å². The molecule has 1 heterocycles. The van der Waals surface area contributed by atoms with Crippen molar-refractivity contribution in [2.45, 2.75) is 20.8 Å². The van der Waals surface area contributed by atoms with Crippen LogP contribution < -0.4 is 0 Å². The van der Waals surface area contributed by atoms with Crippen molar-refractivity contribution in [2.24, 2.45) is 0 Å². The Morgan fingerprint density at radius 1 is 1.00 bits per heavy atom. The highest BCUT2D eigenvalue weighted by atomic mass is 32.1. The number of carbonyl (C=O) groups excluding carboxylic acids is 1. The van der Waals surface area contributed by atoms with E-state index in [2.05, 4.69) is 4.98 Å². The van der Waals surface area contributed by atoms with Crippen molar-refractivity contribution >= 4 is 23.1 Å². The highest BCUT2D eigenvalue weighted by Crippen LogP contribution is 2.28. The Balaban J connectivity index is 1.91. The Labute approximate surface area is 149 Å². The molecular formula is C20H17NO3S. The number of aromatic carboxylic acids is 1. The first-order chi connectivity index (χ1) is 11.9. The second-order valence-electron chi connectivity index (χ2n) is 5.96. The molecule has 0 aliphatic carbocycles. The number of carboxylic acids is 1. The molecule has 0 fully saturated rings. The van der Waals surface area contributed by atoms with Crippen LogP contribution in [0.5, 0.6) is 0 Å². The summed E-state index contributed by atoms with van der Waals surface area (Å²) < 4.78 is 0. The second-order valence-corrected chi connectivity index (χ2v) is 6.96. The predicted octanol–water partition coefficient (Wildman–Crippen LogP) is 4.66. The topological polar surface area (TPSA) is 67.3 Å². The largest absolute Gasteiger partial charge is 0.477 e. The van der Waals surface area contributed by atoms with Crippen molar-refractivity contribution < 1.29 is 14.7 Å². The minimum Gasteiger partial charge on any atom is -0.477 e. The van der Waals surface area contributed by atoms with Gasteiger partial charge in [0.1, 0.15) is 9.88 Å². The molecule has 1 aromatic heterocycles. The molecular weight excluding hydrogens is 334 g/mol. The molecule has 0 saturated carbocycles. The summed E-state index contributed by atoms with van der Waals surface area (Å²) in [5.41, 5.74) is 4.67. The lowest BCUT2D eigenvalue weighted by Gasteiger charge is -2.06. The van der Waals surface area contributed by atoms with Gasteiger partial charge in [-0.2, -0.15) is 0 Å². The van der Waals surface area contributed by atoms with Crippen LogP contribution in [0.25, 0.3) is 10.6 Å². The number of ketones is 1. The summed E-state index contributed by atoms with van der Waals surface area (Å²) in [5.74, 6) is -0.992. The van der Waals surface area contributed by atoms with Gasteiger partial charge in [0.25, 0.3) is 0 Å². The molecule has 0 bridgehead atoms. The summed E-state index contributed by atoms with van der Waals surface area (Å²) in [5, 5.41) is 9.78. The number of nitrogens with zero attached hydrogens (tertiary/aromatic N) is 1. The van der Waals surface area contributed by atoms with E-state index in [1.54, 1.807) is 31.2 Å². The summed E-state index contributed by atoms with van der Waals surface area (Å²) in [6.07, 6.45) is 0. The Kier molecular flexibility index (Phi) is 4.51. The number of carboxylic acid groups (broad SMARTS) is 1. The molecule has 1 N–H and O–H groups in total. The van der Waals surface area contributed by atoms with Gasteiger partial charge in [0.05, 0.1) is 5.69 Å². The van der Waals surface area contributed by atoms with Gasteiger partial charge in [-0.05, 0) is 26.3 Å². The molecule has 25 heavy (non-hydrogen) atoms. The first-order valence-corrected chi connectivity index (χ1v) is 8.61. The van der Waals surface area contributed by atoms with Crippen LogP contribution in [0.4, 0.5) is 0 Å². The Morgan fingerprint density at radius 2 is 1.68 bits per heavy atom. The summed E-state index contributed by atoms with van der Waals surface area (Å²) in [6.45, 7) is 5.61. The Bertz CT molecular complexity index is 971. The highest BCUT2D eigenvalue weighted by Gasteiger charge is 2.16. The molecule has 0 saturated heterocycles. The molecule has 2 aromatic carbocycles. The summed E-state index contributed by atoms with van der Waals surface area (Å²) >= 11 is 1.14. The van der Waals surface area contributed by atoms with E-state index in [1.807, 2.05) is 32.0 Å². The first-order valence-electron chi connectivity index (χ1n) is 7.80. The molecule has 3 rings (SSSR count). The van der Waals surface area contributed by atoms with Gasteiger partial charge in [-0.25, -0.2) is 9.78 Å². The van der Waals surface area contributed by atoms with Crippen LogP contribution in [0.15, 0.2) is 42.5 Å². The van der Waals surface area contributed by atoms with E-state index >= 15 is 0 Å². The number of thiazole rings is 1. The van der Waals surface area contributed by atoms with Crippen LogP contribution in [0.2, 0.25) is 0 Å². The standard InChI is InChI=1S/C20H17NO3S/c1-11-4-9-16(12(2)10-11)17(22)14-5-7-15(8-6-14)19-21-13(3)18(25-19)20(23)24/h4-10H,1-3H3,(H,23,24). The van der Waals surface area contributed by atoms with Crippen molar-refractivity contribution in [2.75, 3.05) is 0 Å². The molecule has 126 valence electrons. The zero-order chi connectivity index (χ0) is 18.1.